The highest BCUT2D eigenvalue weighted by atomic mass is 15.1. The Labute approximate surface area is 136 Å². The smallest absolute Gasteiger partial charge is 0.143 e. The van der Waals surface area contributed by atoms with Gasteiger partial charge < -0.3 is 4.57 Å². The van der Waals surface area contributed by atoms with Crippen molar-refractivity contribution < 1.29 is 0 Å². The number of pyridine rings is 1. The van der Waals surface area contributed by atoms with Gasteiger partial charge in [0, 0.05) is 49.6 Å². The summed E-state index contributed by atoms with van der Waals surface area (Å²) in [6, 6.07) is 4.09. The molecule has 3 aromatic rings. The summed E-state index contributed by atoms with van der Waals surface area (Å²) in [4.78, 5) is 17.5. The molecule has 0 radical (unpaired) electrons. The van der Waals surface area contributed by atoms with Crippen LogP contribution in [0.2, 0.25) is 0 Å². The second kappa shape index (κ2) is 7.13. The summed E-state index contributed by atoms with van der Waals surface area (Å²) in [5.41, 5.74) is 2.22. The molecule has 5 nitrogen and oxygen atoms in total. The lowest BCUT2D eigenvalue weighted by molar-refractivity contribution is 0.646. The molecule has 5 heteroatoms. The van der Waals surface area contributed by atoms with Crippen molar-refractivity contribution in [3.8, 4) is 11.4 Å². The molecule has 0 unspecified atom stereocenters. The van der Waals surface area contributed by atoms with Crippen LogP contribution in [0.1, 0.15) is 37.6 Å². The van der Waals surface area contributed by atoms with Crippen molar-refractivity contribution in [1.29, 1.82) is 0 Å². The van der Waals surface area contributed by atoms with E-state index in [-0.39, 0.29) is 0 Å². The van der Waals surface area contributed by atoms with Gasteiger partial charge in [-0.05, 0) is 24.5 Å². The van der Waals surface area contributed by atoms with Gasteiger partial charge in [0.15, 0.2) is 0 Å². The summed E-state index contributed by atoms with van der Waals surface area (Å²) < 4.78 is 2.16. The van der Waals surface area contributed by atoms with Crippen molar-refractivity contribution in [1.82, 2.24) is 24.5 Å². The third-order valence-corrected chi connectivity index (χ3v) is 3.75. The lowest BCUT2D eigenvalue weighted by Gasteiger charge is -2.09. The van der Waals surface area contributed by atoms with Crippen LogP contribution in [0, 0.1) is 0 Å². The van der Waals surface area contributed by atoms with Gasteiger partial charge in [0.05, 0.1) is 5.56 Å². The number of nitrogens with zero attached hydrogens (tertiary/aromatic N) is 5. The zero-order chi connectivity index (χ0) is 16.1. The standard InChI is InChI=1S/C18H21N5/c1-14(2)17-21-12-16(13-22-17)18-20-8-10-23(18)9-4-6-15-5-3-7-19-11-15/h3,5,7-8,10-14H,4,6,9H2,1-2H3. The molecule has 118 valence electrons. The molecular formula is C18H21N5. The molecule has 0 aromatic carbocycles. The van der Waals surface area contributed by atoms with E-state index in [0.717, 1.165) is 36.6 Å². The third kappa shape index (κ3) is 3.80. The van der Waals surface area contributed by atoms with E-state index < -0.39 is 0 Å². The molecule has 0 saturated carbocycles. The molecule has 0 saturated heterocycles. The van der Waals surface area contributed by atoms with Gasteiger partial charge in [-0.3, -0.25) is 4.98 Å². The second-order valence-corrected chi connectivity index (χ2v) is 5.89. The quantitative estimate of drug-likeness (QED) is 0.699. The van der Waals surface area contributed by atoms with Crippen LogP contribution in [-0.4, -0.2) is 24.5 Å². The maximum atomic E-state index is 4.46. The predicted octanol–water partition coefficient (Wildman–Crippen LogP) is 3.49. The summed E-state index contributed by atoms with van der Waals surface area (Å²) in [6.45, 7) is 5.10. The fourth-order valence-corrected chi connectivity index (χ4v) is 2.50. The first-order valence-electron chi connectivity index (χ1n) is 7.96. The van der Waals surface area contributed by atoms with Gasteiger partial charge in [0.2, 0.25) is 0 Å². The van der Waals surface area contributed by atoms with E-state index in [9.17, 15) is 0 Å². The Morgan fingerprint density at radius 3 is 2.57 bits per heavy atom. The van der Waals surface area contributed by atoms with Gasteiger partial charge in [-0.25, -0.2) is 15.0 Å². The topological polar surface area (TPSA) is 56.5 Å². The lowest BCUT2D eigenvalue weighted by Crippen LogP contribution is -2.03. The van der Waals surface area contributed by atoms with E-state index >= 15 is 0 Å². The Hall–Kier alpha value is -2.56. The maximum absolute atomic E-state index is 4.46. The number of rotatable bonds is 6. The molecule has 0 aliphatic carbocycles. The van der Waals surface area contributed by atoms with Gasteiger partial charge in [-0.1, -0.05) is 19.9 Å². The van der Waals surface area contributed by atoms with Crippen molar-refractivity contribution in [2.24, 2.45) is 0 Å². The zero-order valence-corrected chi connectivity index (χ0v) is 13.6. The van der Waals surface area contributed by atoms with Crippen molar-refractivity contribution in [2.75, 3.05) is 0 Å². The van der Waals surface area contributed by atoms with Crippen LogP contribution in [0.25, 0.3) is 11.4 Å². The molecule has 0 fully saturated rings. The van der Waals surface area contributed by atoms with Crippen LogP contribution in [0.4, 0.5) is 0 Å². The summed E-state index contributed by atoms with van der Waals surface area (Å²) in [6.07, 6.45) is 13.3. The number of aryl methyl sites for hydroxylation is 2. The van der Waals surface area contributed by atoms with Crippen LogP contribution in [0.3, 0.4) is 0 Å². The van der Waals surface area contributed by atoms with Crippen molar-refractivity contribution in [3.05, 3.63) is 60.7 Å². The number of hydrogen-bond acceptors (Lipinski definition) is 4. The molecule has 0 bridgehead atoms. The van der Waals surface area contributed by atoms with Crippen LogP contribution in [0.15, 0.2) is 49.3 Å². The molecule has 0 N–H and O–H groups in total. The highest BCUT2D eigenvalue weighted by Gasteiger charge is 2.08. The molecule has 0 aliphatic heterocycles. The summed E-state index contributed by atoms with van der Waals surface area (Å²) >= 11 is 0. The highest BCUT2D eigenvalue weighted by Crippen LogP contribution is 2.18. The summed E-state index contributed by atoms with van der Waals surface area (Å²) in [7, 11) is 0. The molecule has 3 heterocycles. The van der Waals surface area contributed by atoms with E-state index in [4.69, 9.17) is 0 Å². The van der Waals surface area contributed by atoms with Crippen LogP contribution < -0.4 is 0 Å². The number of aromatic nitrogens is 5. The average molecular weight is 307 g/mol. The van der Waals surface area contributed by atoms with E-state index in [2.05, 4.69) is 44.4 Å². The van der Waals surface area contributed by atoms with Gasteiger partial charge in [0.25, 0.3) is 0 Å². The fraction of sp³-hybridized carbons (Fsp3) is 0.333. The molecule has 0 atom stereocenters. The van der Waals surface area contributed by atoms with Crippen molar-refractivity contribution >= 4 is 0 Å². The average Bonchev–Trinajstić information content (AvgIpc) is 3.04. The molecule has 23 heavy (non-hydrogen) atoms. The van der Waals surface area contributed by atoms with E-state index in [1.165, 1.54) is 5.56 Å². The number of hydrogen-bond donors (Lipinski definition) is 0. The Balaban J connectivity index is 1.67. The zero-order valence-electron chi connectivity index (χ0n) is 13.6. The monoisotopic (exact) mass is 307 g/mol. The molecular weight excluding hydrogens is 286 g/mol. The van der Waals surface area contributed by atoms with Crippen LogP contribution in [0.5, 0.6) is 0 Å². The molecule has 3 rings (SSSR count). The minimum Gasteiger partial charge on any atom is -0.331 e. The van der Waals surface area contributed by atoms with Gasteiger partial charge >= 0.3 is 0 Å². The fourth-order valence-electron chi connectivity index (χ4n) is 2.50. The Morgan fingerprint density at radius 2 is 1.87 bits per heavy atom. The normalized spacial score (nSPS) is 11.1. The molecule has 0 aliphatic rings. The summed E-state index contributed by atoms with van der Waals surface area (Å²) in [5, 5.41) is 0. The second-order valence-electron chi connectivity index (χ2n) is 5.89. The minimum atomic E-state index is 0.336. The SMILES string of the molecule is CC(C)c1ncc(-c2nccn2CCCc2cccnc2)cn1. The predicted molar refractivity (Wildman–Crippen MR) is 89.9 cm³/mol. The largest absolute Gasteiger partial charge is 0.331 e. The van der Waals surface area contributed by atoms with Gasteiger partial charge in [-0.2, -0.15) is 0 Å². The van der Waals surface area contributed by atoms with E-state index in [0.29, 0.717) is 5.92 Å². The first-order valence-corrected chi connectivity index (χ1v) is 7.96. The van der Waals surface area contributed by atoms with Gasteiger partial charge in [-0.15, -0.1) is 0 Å². The Bertz CT molecular complexity index is 732. The Morgan fingerprint density at radius 1 is 1.04 bits per heavy atom. The minimum absolute atomic E-state index is 0.336. The number of imidazole rings is 1. The van der Waals surface area contributed by atoms with E-state index in [1.807, 2.05) is 37.1 Å². The lowest BCUT2D eigenvalue weighted by atomic mass is 10.1. The first-order chi connectivity index (χ1) is 11.2. The Kier molecular flexibility index (Phi) is 4.76. The summed E-state index contributed by atoms with van der Waals surface area (Å²) in [5.74, 6) is 2.12. The van der Waals surface area contributed by atoms with Crippen molar-refractivity contribution in [3.63, 3.8) is 0 Å². The van der Waals surface area contributed by atoms with Crippen LogP contribution >= 0.6 is 0 Å². The van der Waals surface area contributed by atoms with E-state index in [1.54, 1.807) is 6.20 Å². The highest BCUT2D eigenvalue weighted by molar-refractivity contribution is 5.52. The van der Waals surface area contributed by atoms with Crippen molar-refractivity contribution in [2.45, 2.75) is 39.2 Å². The first kappa shape index (κ1) is 15.3. The molecule has 0 spiro atoms. The van der Waals surface area contributed by atoms with Crippen LogP contribution in [-0.2, 0) is 13.0 Å². The molecule has 0 amide bonds. The molecule has 3 aromatic heterocycles. The maximum Gasteiger partial charge on any atom is 0.143 e. The van der Waals surface area contributed by atoms with Gasteiger partial charge in [0.1, 0.15) is 11.6 Å². The third-order valence-electron chi connectivity index (χ3n) is 3.75.